The number of unbranched alkanes of at least 4 members (excludes halogenated alkanes) is 16. The molecular formula is C40H66O6. The van der Waals surface area contributed by atoms with Gasteiger partial charge in [0.1, 0.15) is 24.4 Å². The summed E-state index contributed by atoms with van der Waals surface area (Å²) >= 11 is 0. The zero-order valence-corrected chi connectivity index (χ0v) is 29.8. The number of ether oxygens (including phenoxy) is 1. The number of fused-ring (bicyclic) bond motifs is 3. The summed E-state index contributed by atoms with van der Waals surface area (Å²) in [7, 11) is 0. The summed E-state index contributed by atoms with van der Waals surface area (Å²) in [6, 6.07) is 0. The molecule has 8 atom stereocenters. The quantitative estimate of drug-likeness (QED) is 0.0700. The van der Waals surface area contributed by atoms with Crippen molar-refractivity contribution in [3.8, 4) is 0 Å². The largest absolute Gasteiger partial charge is 0.461 e. The van der Waals surface area contributed by atoms with Crippen LogP contribution in [0, 0.1) is 34.5 Å². The van der Waals surface area contributed by atoms with Gasteiger partial charge in [0.25, 0.3) is 0 Å². The normalized spacial score (nSPS) is 34.2. The molecule has 46 heavy (non-hydrogen) atoms. The highest BCUT2D eigenvalue weighted by atomic mass is 16.5. The predicted molar refractivity (Wildman–Crippen MR) is 184 cm³/mol. The molecule has 0 amide bonds. The average molecular weight is 643 g/mol. The molecule has 0 aromatic carbocycles. The van der Waals surface area contributed by atoms with Crippen molar-refractivity contribution in [2.24, 2.45) is 34.5 Å². The van der Waals surface area contributed by atoms with Gasteiger partial charge >= 0.3 is 5.97 Å². The summed E-state index contributed by atoms with van der Waals surface area (Å²) < 4.78 is 5.64. The summed E-state index contributed by atoms with van der Waals surface area (Å²) in [5, 5.41) is 35.0. The molecule has 262 valence electrons. The van der Waals surface area contributed by atoms with Gasteiger partial charge in [-0.25, -0.2) is 0 Å². The van der Waals surface area contributed by atoms with Crippen molar-refractivity contribution in [1.82, 2.24) is 0 Å². The first kappa shape index (κ1) is 37.3. The fourth-order valence-electron chi connectivity index (χ4n) is 9.65. The molecule has 2 saturated carbocycles. The minimum Gasteiger partial charge on any atom is -0.461 e. The van der Waals surface area contributed by atoms with E-state index in [0.29, 0.717) is 23.5 Å². The van der Waals surface area contributed by atoms with Crippen LogP contribution < -0.4 is 0 Å². The van der Waals surface area contributed by atoms with Gasteiger partial charge < -0.3 is 20.1 Å². The Hall–Kier alpha value is -1.50. The molecule has 4 rings (SSSR count). The van der Waals surface area contributed by atoms with E-state index >= 15 is 0 Å². The van der Waals surface area contributed by atoms with Crippen molar-refractivity contribution < 1.29 is 29.6 Å². The molecule has 0 aromatic rings. The summed E-state index contributed by atoms with van der Waals surface area (Å²) in [5.74, 6) is -0.779. The highest BCUT2D eigenvalue weighted by molar-refractivity contribution is 5.95. The van der Waals surface area contributed by atoms with Crippen LogP contribution in [0.1, 0.15) is 157 Å². The highest BCUT2D eigenvalue weighted by Crippen LogP contribution is 2.71. The third-order valence-electron chi connectivity index (χ3n) is 12.6. The number of esters is 1. The standard InChI is InChI=1S/C40H66O6/c1-6-7-8-9-10-11-12-13-14-15-16-17-18-19-20-21-22-23-33(41)46-27-30-25-31-34-32(38(34,4)5)24-29(3)39(37(31)44)26-28(2)35(42)40(39,45)36(30)43/h25-26,29,31-32,34-36,42-43,45H,6-24,27H2,1-5H3/t29-,31+,32-,34+,35+,36-,39+,40-/m1/s1. The van der Waals surface area contributed by atoms with E-state index in [1.165, 1.54) is 89.9 Å². The van der Waals surface area contributed by atoms with E-state index < -0.39 is 29.1 Å². The van der Waals surface area contributed by atoms with Crippen molar-refractivity contribution in [1.29, 1.82) is 0 Å². The van der Waals surface area contributed by atoms with Crippen LogP contribution >= 0.6 is 0 Å². The van der Waals surface area contributed by atoms with Gasteiger partial charge in [-0.15, -0.1) is 0 Å². The van der Waals surface area contributed by atoms with Crippen molar-refractivity contribution in [2.75, 3.05) is 6.61 Å². The van der Waals surface area contributed by atoms with E-state index in [1.807, 2.05) is 6.92 Å². The van der Waals surface area contributed by atoms with Crippen LogP contribution in [0.2, 0.25) is 0 Å². The van der Waals surface area contributed by atoms with Gasteiger partial charge in [0, 0.05) is 12.3 Å². The third kappa shape index (κ3) is 7.54. The number of rotatable bonds is 20. The fraction of sp³-hybridized carbons (Fsp3) is 0.850. The zero-order chi connectivity index (χ0) is 33.5. The molecule has 0 aliphatic heterocycles. The first-order valence-corrected chi connectivity index (χ1v) is 19.1. The maximum atomic E-state index is 14.3. The van der Waals surface area contributed by atoms with Crippen LogP contribution in [-0.2, 0) is 14.3 Å². The molecule has 3 N–H and O–H groups in total. The van der Waals surface area contributed by atoms with Crippen LogP contribution in [-0.4, -0.2) is 51.5 Å². The van der Waals surface area contributed by atoms with Gasteiger partial charge in [-0.2, -0.15) is 0 Å². The molecule has 0 radical (unpaired) electrons. The second kappa shape index (κ2) is 16.3. The molecule has 0 saturated heterocycles. The lowest BCUT2D eigenvalue weighted by Crippen LogP contribution is -2.65. The van der Waals surface area contributed by atoms with E-state index in [-0.39, 0.29) is 35.6 Å². The Kier molecular flexibility index (Phi) is 13.2. The van der Waals surface area contributed by atoms with E-state index in [4.69, 9.17) is 4.74 Å². The molecular weight excluding hydrogens is 576 g/mol. The summed E-state index contributed by atoms with van der Waals surface area (Å²) in [5.41, 5.74) is -2.65. The smallest absolute Gasteiger partial charge is 0.306 e. The van der Waals surface area contributed by atoms with E-state index in [2.05, 4.69) is 20.8 Å². The fourth-order valence-corrected chi connectivity index (χ4v) is 9.65. The first-order chi connectivity index (χ1) is 21.9. The Morgan fingerprint density at radius 3 is 1.87 bits per heavy atom. The Morgan fingerprint density at radius 1 is 0.848 bits per heavy atom. The summed E-state index contributed by atoms with van der Waals surface area (Å²) in [4.78, 5) is 27.0. The second-order valence-electron chi connectivity index (χ2n) is 16.2. The van der Waals surface area contributed by atoms with Gasteiger partial charge in [-0.05, 0) is 54.1 Å². The maximum absolute atomic E-state index is 14.3. The van der Waals surface area contributed by atoms with E-state index in [0.717, 1.165) is 25.7 Å². The number of carbonyl (C=O) groups excluding carboxylic acids is 2. The van der Waals surface area contributed by atoms with Crippen LogP contribution in [0.3, 0.4) is 0 Å². The molecule has 1 spiro atoms. The second-order valence-corrected chi connectivity index (χ2v) is 16.2. The maximum Gasteiger partial charge on any atom is 0.306 e. The lowest BCUT2D eigenvalue weighted by atomic mass is 9.59. The Balaban J connectivity index is 1.16. The third-order valence-corrected chi connectivity index (χ3v) is 12.6. The summed E-state index contributed by atoms with van der Waals surface area (Å²) in [6.45, 7) is 10.1. The van der Waals surface area contributed by atoms with Crippen molar-refractivity contribution >= 4 is 11.8 Å². The predicted octanol–water partition coefficient (Wildman–Crippen LogP) is 8.41. The lowest BCUT2D eigenvalue weighted by molar-refractivity contribution is -0.190. The van der Waals surface area contributed by atoms with Crippen LogP contribution in [0.25, 0.3) is 0 Å². The SMILES string of the molecule is CCCCCCCCCCCCCCCCCCCC(=O)OCC1=C[C@@H]2C(=O)[C@]3(C=C(C)[C@H](O)[C@@]3(O)[C@@H]1O)[C@H](C)C[C@@H]1[C@H]2C1(C)C. The Morgan fingerprint density at radius 2 is 1.35 bits per heavy atom. The first-order valence-electron chi connectivity index (χ1n) is 19.1. The van der Waals surface area contributed by atoms with Crippen molar-refractivity contribution in [3.05, 3.63) is 23.3 Å². The van der Waals surface area contributed by atoms with E-state index in [9.17, 15) is 24.9 Å². The van der Waals surface area contributed by atoms with E-state index in [1.54, 1.807) is 19.1 Å². The molecule has 0 heterocycles. The van der Waals surface area contributed by atoms with Gasteiger partial charge in [-0.3, -0.25) is 9.59 Å². The number of allylic oxidation sites excluding steroid dienone is 1. The van der Waals surface area contributed by atoms with Gasteiger partial charge in [0.15, 0.2) is 5.78 Å². The van der Waals surface area contributed by atoms with Crippen molar-refractivity contribution in [2.45, 2.75) is 174 Å². The molecule has 0 aromatic heterocycles. The number of aliphatic hydroxyl groups is 3. The highest BCUT2D eigenvalue weighted by Gasteiger charge is 2.75. The average Bonchev–Trinajstić information content (AvgIpc) is 3.53. The van der Waals surface area contributed by atoms with Crippen molar-refractivity contribution in [3.63, 3.8) is 0 Å². The molecule has 4 aliphatic rings. The number of Topliss-reactive ketones (excluding diaryl/α,β-unsaturated/α-hetero) is 1. The Bertz CT molecular complexity index is 1090. The monoisotopic (exact) mass is 642 g/mol. The number of ketones is 1. The summed E-state index contributed by atoms with van der Waals surface area (Å²) in [6.07, 6.45) is 23.5. The number of aliphatic hydroxyl groups excluding tert-OH is 2. The van der Waals surface area contributed by atoms with Crippen LogP contribution in [0.4, 0.5) is 0 Å². The Labute approximate surface area is 279 Å². The molecule has 4 aliphatic carbocycles. The van der Waals surface area contributed by atoms with Crippen LogP contribution in [0.15, 0.2) is 23.3 Å². The number of hydrogen-bond acceptors (Lipinski definition) is 6. The lowest BCUT2D eigenvalue weighted by Gasteiger charge is -2.48. The van der Waals surface area contributed by atoms with Gasteiger partial charge in [0.05, 0.1) is 5.41 Å². The molecule has 6 nitrogen and oxygen atoms in total. The molecule has 6 heteroatoms. The minimum absolute atomic E-state index is 0.0230. The van der Waals surface area contributed by atoms with Crippen LogP contribution in [0.5, 0.6) is 0 Å². The van der Waals surface area contributed by atoms with Gasteiger partial charge in [0.2, 0.25) is 0 Å². The minimum atomic E-state index is -2.09. The topological polar surface area (TPSA) is 104 Å². The van der Waals surface area contributed by atoms with Gasteiger partial charge in [-0.1, -0.05) is 143 Å². The number of hydrogen-bond donors (Lipinski definition) is 3. The molecule has 2 fully saturated rings. The molecule has 2 bridgehead atoms. The molecule has 0 unspecified atom stereocenters. The number of carbonyl (C=O) groups is 2. The zero-order valence-electron chi connectivity index (χ0n) is 29.8.